The summed E-state index contributed by atoms with van der Waals surface area (Å²) in [4.78, 5) is 27.0. The third kappa shape index (κ3) is 3.58. The zero-order valence-corrected chi connectivity index (χ0v) is 15.1. The van der Waals surface area contributed by atoms with E-state index in [4.69, 9.17) is 4.42 Å². The van der Waals surface area contributed by atoms with Crippen molar-refractivity contribution in [1.29, 1.82) is 0 Å². The summed E-state index contributed by atoms with van der Waals surface area (Å²) >= 11 is 0. The van der Waals surface area contributed by atoms with E-state index in [0.717, 1.165) is 10.6 Å². The molecule has 9 heteroatoms. The topological polar surface area (TPSA) is 77.1 Å². The van der Waals surface area contributed by atoms with Crippen LogP contribution in [-0.4, -0.2) is 15.5 Å². The zero-order chi connectivity index (χ0) is 20.8. The lowest BCUT2D eigenvalue weighted by Crippen LogP contribution is -2.16. The number of amides is 1. The summed E-state index contributed by atoms with van der Waals surface area (Å²) in [5, 5.41) is 3.03. The highest BCUT2D eigenvalue weighted by Crippen LogP contribution is 2.32. The smallest absolute Gasteiger partial charge is 0.423 e. The molecule has 29 heavy (non-hydrogen) atoms. The number of carbonyl (C=O) groups is 1. The largest absolute Gasteiger partial charge is 0.449 e. The van der Waals surface area contributed by atoms with Gasteiger partial charge in [-0.05, 0) is 29.8 Å². The van der Waals surface area contributed by atoms with Crippen LogP contribution in [0.25, 0.3) is 22.0 Å². The molecule has 0 radical (unpaired) electrons. The maximum absolute atomic E-state index is 13.6. The van der Waals surface area contributed by atoms with Gasteiger partial charge in [-0.25, -0.2) is 9.78 Å². The lowest BCUT2D eigenvalue weighted by atomic mass is 10.1. The molecule has 4 rings (SSSR count). The van der Waals surface area contributed by atoms with E-state index in [1.54, 1.807) is 30.3 Å². The minimum atomic E-state index is -4.66. The van der Waals surface area contributed by atoms with Crippen LogP contribution in [0.15, 0.2) is 57.7 Å². The monoisotopic (exact) mass is 401 g/mol. The van der Waals surface area contributed by atoms with E-state index in [9.17, 15) is 22.8 Å². The van der Waals surface area contributed by atoms with Gasteiger partial charge in [0.2, 0.25) is 11.7 Å². The minimum Gasteiger partial charge on any atom is -0.423 e. The first-order valence-electron chi connectivity index (χ1n) is 8.59. The average Bonchev–Trinajstić information content (AvgIpc) is 3.00. The molecular weight excluding hydrogens is 387 g/mol. The molecule has 0 bridgehead atoms. The van der Waals surface area contributed by atoms with Crippen molar-refractivity contribution in [2.75, 3.05) is 5.32 Å². The van der Waals surface area contributed by atoms with Crippen molar-refractivity contribution < 1.29 is 22.4 Å². The number of fused-ring (bicyclic) bond motifs is 2. The summed E-state index contributed by atoms with van der Waals surface area (Å²) in [6.07, 6.45) is -4.66. The lowest BCUT2D eigenvalue weighted by Gasteiger charge is -2.13. The highest BCUT2D eigenvalue weighted by molar-refractivity contribution is 5.92. The molecule has 0 atom stereocenters. The van der Waals surface area contributed by atoms with Crippen LogP contribution in [0.4, 0.5) is 18.9 Å². The second-order valence-electron chi connectivity index (χ2n) is 6.49. The van der Waals surface area contributed by atoms with E-state index >= 15 is 0 Å². The Hall–Kier alpha value is -3.62. The molecule has 1 amide bonds. The predicted molar refractivity (Wildman–Crippen MR) is 101 cm³/mol. The van der Waals surface area contributed by atoms with Crippen molar-refractivity contribution in [2.45, 2.75) is 19.6 Å². The Morgan fingerprint density at radius 1 is 1.17 bits per heavy atom. The van der Waals surface area contributed by atoms with Crippen LogP contribution in [0.1, 0.15) is 18.3 Å². The van der Waals surface area contributed by atoms with Crippen molar-refractivity contribution in [2.24, 2.45) is 0 Å². The molecule has 0 unspecified atom stereocenters. The SMILES string of the molecule is CC(=O)Nc1ccc2c(Cn3c(C(F)(F)F)nc4ccccc43)cc(=O)oc2c1. The number of carbonyl (C=O) groups excluding carboxylic acids is 1. The van der Waals surface area contributed by atoms with Gasteiger partial charge in [0.1, 0.15) is 5.58 Å². The maximum atomic E-state index is 13.6. The van der Waals surface area contributed by atoms with Crippen LogP contribution >= 0.6 is 0 Å². The number of hydrogen-bond acceptors (Lipinski definition) is 4. The fourth-order valence-electron chi connectivity index (χ4n) is 3.26. The number of benzene rings is 2. The normalized spacial score (nSPS) is 11.9. The van der Waals surface area contributed by atoms with Gasteiger partial charge in [0.25, 0.3) is 0 Å². The third-order valence-corrected chi connectivity index (χ3v) is 4.39. The number of imidazole rings is 1. The highest BCUT2D eigenvalue weighted by atomic mass is 19.4. The van der Waals surface area contributed by atoms with Crippen molar-refractivity contribution in [1.82, 2.24) is 9.55 Å². The van der Waals surface area contributed by atoms with E-state index in [2.05, 4.69) is 10.3 Å². The first-order chi connectivity index (χ1) is 13.7. The Balaban J connectivity index is 1.89. The van der Waals surface area contributed by atoms with Gasteiger partial charge in [-0.15, -0.1) is 0 Å². The molecule has 2 aromatic carbocycles. The van der Waals surface area contributed by atoms with Crippen molar-refractivity contribution in [3.63, 3.8) is 0 Å². The molecule has 2 heterocycles. The summed E-state index contributed by atoms with van der Waals surface area (Å²) in [7, 11) is 0. The standard InChI is InChI=1S/C20H14F3N3O3/c1-11(27)24-13-6-7-14-12(8-18(28)29-17(14)9-13)10-26-16-5-3-2-4-15(16)25-19(26)20(21,22)23/h2-9H,10H2,1H3,(H,24,27). The summed E-state index contributed by atoms with van der Waals surface area (Å²) in [5.41, 5.74) is 0.729. The summed E-state index contributed by atoms with van der Waals surface area (Å²) in [5.74, 6) is -1.35. The van der Waals surface area contributed by atoms with Gasteiger partial charge >= 0.3 is 11.8 Å². The number of anilines is 1. The molecule has 0 aliphatic rings. The first-order valence-corrected chi connectivity index (χ1v) is 8.59. The van der Waals surface area contributed by atoms with Gasteiger partial charge in [-0.2, -0.15) is 13.2 Å². The number of nitrogens with one attached hydrogen (secondary N) is 1. The van der Waals surface area contributed by atoms with Gasteiger partial charge in [-0.3, -0.25) is 4.79 Å². The summed E-state index contributed by atoms with van der Waals surface area (Å²) < 4.78 is 46.9. The molecule has 0 saturated heterocycles. The van der Waals surface area contributed by atoms with E-state index in [1.807, 2.05) is 0 Å². The molecule has 0 spiro atoms. The predicted octanol–water partition coefficient (Wildman–Crippen LogP) is 4.17. The first kappa shape index (κ1) is 18.7. The van der Waals surface area contributed by atoms with E-state index in [0.29, 0.717) is 22.2 Å². The van der Waals surface area contributed by atoms with Gasteiger partial charge in [0, 0.05) is 30.1 Å². The molecule has 148 valence electrons. The number of para-hydroxylation sites is 2. The quantitative estimate of drug-likeness (QED) is 0.523. The molecule has 0 saturated carbocycles. The molecule has 4 aromatic rings. The van der Waals surface area contributed by atoms with Crippen LogP contribution < -0.4 is 10.9 Å². The van der Waals surface area contributed by atoms with E-state index in [1.165, 1.54) is 19.1 Å². The maximum Gasteiger partial charge on any atom is 0.449 e. The number of halogens is 3. The molecular formula is C20H14F3N3O3. The number of rotatable bonds is 3. The Kier molecular flexibility index (Phi) is 4.37. The molecule has 0 aliphatic carbocycles. The molecule has 1 N–H and O–H groups in total. The van der Waals surface area contributed by atoms with Crippen LogP contribution in [-0.2, 0) is 17.5 Å². The Labute approximate surface area is 161 Å². The van der Waals surface area contributed by atoms with Crippen LogP contribution in [0.2, 0.25) is 0 Å². The second kappa shape index (κ2) is 6.77. The van der Waals surface area contributed by atoms with Crippen molar-refractivity contribution >= 4 is 33.6 Å². The van der Waals surface area contributed by atoms with Gasteiger partial charge in [0.15, 0.2) is 0 Å². The number of nitrogens with zero attached hydrogens (tertiary/aromatic N) is 2. The molecule has 0 aliphatic heterocycles. The second-order valence-corrected chi connectivity index (χ2v) is 6.49. The fraction of sp³-hybridized carbons (Fsp3) is 0.150. The van der Waals surface area contributed by atoms with Gasteiger partial charge < -0.3 is 14.3 Å². The zero-order valence-electron chi connectivity index (χ0n) is 15.1. The number of hydrogen-bond donors (Lipinski definition) is 1. The number of aromatic nitrogens is 2. The summed E-state index contributed by atoms with van der Waals surface area (Å²) in [6, 6.07) is 12.1. The van der Waals surface area contributed by atoms with Crippen LogP contribution in [0, 0.1) is 0 Å². The molecule has 0 fully saturated rings. The Morgan fingerprint density at radius 3 is 2.66 bits per heavy atom. The van der Waals surface area contributed by atoms with Crippen LogP contribution in [0.3, 0.4) is 0 Å². The fourth-order valence-corrected chi connectivity index (χ4v) is 3.26. The van der Waals surface area contributed by atoms with Crippen molar-refractivity contribution in [3.05, 3.63) is 70.3 Å². The third-order valence-electron chi connectivity index (χ3n) is 4.39. The minimum absolute atomic E-state index is 0.164. The van der Waals surface area contributed by atoms with Gasteiger partial charge in [-0.1, -0.05) is 12.1 Å². The van der Waals surface area contributed by atoms with E-state index < -0.39 is 17.6 Å². The lowest BCUT2D eigenvalue weighted by molar-refractivity contribution is -0.146. The molecule has 6 nitrogen and oxygen atoms in total. The highest BCUT2D eigenvalue weighted by Gasteiger charge is 2.37. The molecule has 2 aromatic heterocycles. The van der Waals surface area contributed by atoms with Crippen molar-refractivity contribution in [3.8, 4) is 0 Å². The Bertz CT molecular complexity index is 1310. The van der Waals surface area contributed by atoms with Crippen LogP contribution in [0.5, 0.6) is 0 Å². The summed E-state index contributed by atoms with van der Waals surface area (Å²) in [6.45, 7) is 1.11. The van der Waals surface area contributed by atoms with Gasteiger partial charge in [0.05, 0.1) is 17.6 Å². The average molecular weight is 401 g/mol. The Morgan fingerprint density at radius 2 is 1.93 bits per heavy atom. The number of alkyl halides is 3. The van der Waals surface area contributed by atoms with E-state index in [-0.39, 0.29) is 23.6 Å².